The van der Waals surface area contributed by atoms with Gasteiger partial charge in [0, 0.05) is 31.7 Å². The molecule has 0 spiro atoms. The van der Waals surface area contributed by atoms with Crippen molar-refractivity contribution >= 4 is 6.09 Å². The van der Waals surface area contributed by atoms with E-state index in [2.05, 4.69) is 11.2 Å². The molecule has 0 saturated heterocycles. The van der Waals surface area contributed by atoms with Gasteiger partial charge < -0.3 is 19.7 Å². The number of carbonyl (C=O) groups excluding carboxylic acids is 1. The number of ether oxygens (including phenoxy) is 2. The highest BCUT2D eigenvalue weighted by Gasteiger charge is 2.20. The summed E-state index contributed by atoms with van der Waals surface area (Å²) in [6.45, 7) is 10.3. The lowest BCUT2D eigenvalue weighted by molar-refractivity contribution is 0.0262. The van der Waals surface area contributed by atoms with Crippen molar-refractivity contribution < 1.29 is 14.3 Å². The largest absolute Gasteiger partial charge is 0.481 e. The van der Waals surface area contributed by atoms with Crippen molar-refractivity contribution in [2.24, 2.45) is 0 Å². The van der Waals surface area contributed by atoms with Crippen LogP contribution in [0.4, 0.5) is 4.79 Å². The standard InChI is InChI=1S/C19H28N2O3/c1-6-14-23-17-11-9-8-10-16(17)15-20-12-13-21(7-2)18(22)24-19(3,4)5/h1,8-11,20H,7,12-15H2,2-5H3. The van der Waals surface area contributed by atoms with E-state index >= 15 is 0 Å². The number of benzene rings is 1. The number of hydrogen-bond acceptors (Lipinski definition) is 4. The first-order chi connectivity index (χ1) is 11.4. The van der Waals surface area contributed by atoms with Crippen molar-refractivity contribution in [1.29, 1.82) is 0 Å². The topological polar surface area (TPSA) is 50.8 Å². The fraction of sp³-hybridized carbons (Fsp3) is 0.526. The molecule has 0 fully saturated rings. The summed E-state index contributed by atoms with van der Waals surface area (Å²) in [7, 11) is 0. The van der Waals surface area contributed by atoms with E-state index in [0.717, 1.165) is 11.3 Å². The zero-order valence-corrected chi connectivity index (χ0v) is 15.1. The molecule has 0 atom stereocenters. The molecular formula is C19H28N2O3. The van der Waals surface area contributed by atoms with E-state index in [1.54, 1.807) is 4.90 Å². The molecule has 0 bridgehead atoms. The number of terminal acetylenes is 1. The van der Waals surface area contributed by atoms with Crippen LogP contribution in [-0.4, -0.2) is 42.8 Å². The van der Waals surface area contributed by atoms with Gasteiger partial charge in [0.05, 0.1) is 0 Å². The number of amides is 1. The zero-order chi connectivity index (χ0) is 18.0. The Kier molecular flexibility index (Phi) is 8.14. The van der Waals surface area contributed by atoms with Crippen LogP contribution in [0.25, 0.3) is 0 Å². The Hall–Kier alpha value is -2.19. The summed E-state index contributed by atoms with van der Waals surface area (Å²) in [5.74, 6) is 3.24. The van der Waals surface area contributed by atoms with E-state index in [0.29, 0.717) is 26.2 Å². The van der Waals surface area contributed by atoms with Crippen LogP contribution in [0.3, 0.4) is 0 Å². The van der Waals surface area contributed by atoms with Crippen LogP contribution in [0.5, 0.6) is 5.75 Å². The van der Waals surface area contributed by atoms with Gasteiger partial charge in [0.15, 0.2) is 0 Å². The molecule has 5 heteroatoms. The molecule has 1 aromatic rings. The lowest BCUT2D eigenvalue weighted by atomic mass is 10.2. The van der Waals surface area contributed by atoms with Gasteiger partial charge in [0.2, 0.25) is 0 Å². The first kappa shape index (κ1) is 19.9. The monoisotopic (exact) mass is 332 g/mol. The molecule has 1 rings (SSSR count). The SMILES string of the molecule is C#CCOc1ccccc1CNCCN(CC)C(=O)OC(C)(C)C. The van der Waals surface area contributed by atoms with Gasteiger partial charge in [-0.2, -0.15) is 0 Å². The minimum atomic E-state index is -0.481. The molecule has 1 amide bonds. The molecule has 5 nitrogen and oxygen atoms in total. The van der Waals surface area contributed by atoms with Gasteiger partial charge in [-0.25, -0.2) is 4.79 Å². The number of para-hydroxylation sites is 1. The number of carbonyl (C=O) groups is 1. The molecule has 0 saturated carbocycles. The molecule has 0 aliphatic heterocycles. The van der Waals surface area contributed by atoms with E-state index < -0.39 is 5.60 Å². The van der Waals surface area contributed by atoms with Crippen LogP contribution in [0, 0.1) is 12.3 Å². The first-order valence-electron chi connectivity index (χ1n) is 8.20. The quantitative estimate of drug-likeness (QED) is 0.587. The summed E-state index contributed by atoms with van der Waals surface area (Å²) in [5.41, 5.74) is 0.554. The van der Waals surface area contributed by atoms with Crippen LogP contribution in [0.15, 0.2) is 24.3 Å². The molecule has 24 heavy (non-hydrogen) atoms. The predicted molar refractivity (Wildman–Crippen MR) is 96.0 cm³/mol. The van der Waals surface area contributed by atoms with Gasteiger partial charge in [-0.15, -0.1) is 6.42 Å². The minimum Gasteiger partial charge on any atom is -0.481 e. The van der Waals surface area contributed by atoms with Crippen LogP contribution >= 0.6 is 0 Å². The average molecular weight is 332 g/mol. The van der Waals surface area contributed by atoms with Crippen molar-refractivity contribution in [3.63, 3.8) is 0 Å². The average Bonchev–Trinajstić information content (AvgIpc) is 2.52. The molecule has 0 heterocycles. The second kappa shape index (κ2) is 9.84. The van der Waals surface area contributed by atoms with Crippen molar-refractivity contribution in [3.05, 3.63) is 29.8 Å². The lowest BCUT2D eigenvalue weighted by Crippen LogP contribution is -2.40. The number of nitrogens with one attached hydrogen (secondary N) is 1. The Morgan fingerprint density at radius 1 is 1.33 bits per heavy atom. The third kappa shape index (κ3) is 7.38. The van der Waals surface area contributed by atoms with E-state index in [9.17, 15) is 4.79 Å². The number of rotatable bonds is 8. The van der Waals surface area contributed by atoms with E-state index in [1.165, 1.54) is 0 Å². The Morgan fingerprint density at radius 2 is 2.04 bits per heavy atom. The second-order valence-electron chi connectivity index (χ2n) is 6.34. The normalized spacial score (nSPS) is 10.8. The van der Waals surface area contributed by atoms with Gasteiger partial charge >= 0.3 is 6.09 Å². The molecule has 0 unspecified atom stereocenters. The third-order valence-corrected chi connectivity index (χ3v) is 3.19. The molecule has 0 aromatic heterocycles. The van der Waals surface area contributed by atoms with Gasteiger partial charge in [-0.3, -0.25) is 0 Å². The Balaban J connectivity index is 2.45. The van der Waals surface area contributed by atoms with E-state index in [-0.39, 0.29) is 12.7 Å². The Morgan fingerprint density at radius 3 is 2.67 bits per heavy atom. The first-order valence-corrected chi connectivity index (χ1v) is 8.20. The number of nitrogens with zero attached hydrogens (tertiary/aromatic N) is 1. The molecule has 0 radical (unpaired) electrons. The van der Waals surface area contributed by atoms with Crippen LogP contribution in [0.1, 0.15) is 33.3 Å². The van der Waals surface area contributed by atoms with Crippen LogP contribution in [-0.2, 0) is 11.3 Å². The van der Waals surface area contributed by atoms with Crippen LogP contribution in [0.2, 0.25) is 0 Å². The predicted octanol–water partition coefficient (Wildman–Crippen LogP) is 3.05. The third-order valence-electron chi connectivity index (χ3n) is 3.19. The number of hydrogen-bond donors (Lipinski definition) is 1. The maximum Gasteiger partial charge on any atom is 0.410 e. The van der Waals surface area contributed by atoms with Gasteiger partial charge in [0.25, 0.3) is 0 Å². The summed E-state index contributed by atoms with van der Waals surface area (Å²) in [6, 6.07) is 7.76. The fourth-order valence-corrected chi connectivity index (χ4v) is 2.05. The van der Waals surface area contributed by atoms with E-state index in [4.69, 9.17) is 15.9 Å². The molecule has 132 valence electrons. The molecule has 1 aromatic carbocycles. The molecular weight excluding hydrogens is 304 g/mol. The number of likely N-dealkylation sites (N-methyl/N-ethyl adjacent to an activating group) is 1. The molecule has 0 aliphatic carbocycles. The summed E-state index contributed by atoms with van der Waals surface area (Å²) < 4.78 is 10.9. The van der Waals surface area contributed by atoms with Gasteiger partial charge in [-0.1, -0.05) is 24.1 Å². The molecule has 1 N–H and O–H groups in total. The summed E-state index contributed by atoms with van der Waals surface area (Å²) in [6.07, 6.45) is 4.94. The molecule has 0 aliphatic rings. The highest BCUT2D eigenvalue weighted by molar-refractivity contribution is 5.68. The lowest BCUT2D eigenvalue weighted by Gasteiger charge is -2.26. The van der Waals surface area contributed by atoms with Crippen molar-refractivity contribution in [3.8, 4) is 18.1 Å². The summed E-state index contributed by atoms with van der Waals surface area (Å²) in [4.78, 5) is 13.7. The Bertz CT molecular complexity index is 558. The summed E-state index contributed by atoms with van der Waals surface area (Å²) >= 11 is 0. The van der Waals surface area contributed by atoms with Gasteiger partial charge in [-0.05, 0) is 33.8 Å². The van der Waals surface area contributed by atoms with Crippen molar-refractivity contribution in [2.75, 3.05) is 26.2 Å². The van der Waals surface area contributed by atoms with Crippen molar-refractivity contribution in [1.82, 2.24) is 10.2 Å². The maximum absolute atomic E-state index is 12.1. The van der Waals surface area contributed by atoms with Gasteiger partial charge in [0.1, 0.15) is 18.0 Å². The van der Waals surface area contributed by atoms with Crippen molar-refractivity contribution in [2.45, 2.75) is 39.8 Å². The minimum absolute atomic E-state index is 0.249. The fourth-order valence-electron chi connectivity index (χ4n) is 2.05. The second-order valence-corrected chi connectivity index (χ2v) is 6.34. The highest BCUT2D eigenvalue weighted by Crippen LogP contribution is 2.17. The zero-order valence-electron chi connectivity index (χ0n) is 15.1. The Labute approximate surface area is 145 Å². The maximum atomic E-state index is 12.1. The summed E-state index contributed by atoms with van der Waals surface area (Å²) in [5, 5.41) is 3.32. The van der Waals surface area contributed by atoms with E-state index in [1.807, 2.05) is 52.0 Å². The highest BCUT2D eigenvalue weighted by atomic mass is 16.6. The van der Waals surface area contributed by atoms with Crippen LogP contribution < -0.4 is 10.1 Å². The smallest absolute Gasteiger partial charge is 0.410 e.